The number of aromatic hydroxyl groups is 1. The summed E-state index contributed by atoms with van der Waals surface area (Å²) in [5.41, 5.74) is 2.33. The second kappa shape index (κ2) is 5.61. The third kappa shape index (κ3) is 3.08. The first-order valence-corrected chi connectivity index (χ1v) is 7.51. The zero-order chi connectivity index (χ0) is 14.8. The molecule has 0 atom stereocenters. The lowest BCUT2D eigenvalue weighted by Gasteiger charge is -2.05. The van der Waals surface area contributed by atoms with Crippen molar-refractivity contribution in [2.24, 2.45) is 0 Å². The van der Waals surface area contributed by atoms with Gasteiger partial charge in [0.1, 0.15) is 11.4 Å². The minimum Gasteiger partial charge on any atom is -0.508 e. The van der Waals surface area contributed by atoms with E-state index < -0.39 is 0 Å². The van der Waals surface area contributed by atoms with Crippen molar-refractivity contribution in [3.05, 3.63) is 70.3 Å². The second-order valence-electron chi connectivity index (χ2n) is 4.81. The lowest BCUT2D eigenvalue weighted by Crippen LogP contribution is -2.15. The summed E-state index contributed by atoms with van der Waals surface area (Å²) in [5.74, 6) is 0.824. The highest BCUT2D eigenvalue weighted by atomic mass is 32.2. The molecule has 0 unspecified atom stereocenters. The van der Waals surface area contributed by atoms with Crippen LogP contribution in [0.5, 0.6) is 5.75 Å². The van der Waals surface area contributed by atoms with Crippen LogP contribution in [0.3, 0.4) is 0 Å². The van der Waals surface area contributed by atoms with Crippen LogP contribution in [-0.2, 0) is 5.75 Å². The van der Waals surface area contributed by atoms with Gasteiger partial charge in [-0.1, -0.05) is 12.1 Å². The number of nitrogens with zero attached hydrogens (tertiary/aromatic N) is 2. The third-order valence-corrected chi connectivity index (χ3v) is 4.09. The summed E-state index contributed by atoms with van der Waals surface area (Å²) in [5, 5.41) is 9.44. The molecule has 0 amide bonds. The average Bonchev–Trinajstić information content (AvgIpc) is 2.46. The molecule has 3 aromatic rings. The standard InChI is InChI=1S/C16H14N2O2S/c1-11-5-6-15-17-12(7-16(20)18(15)9-11)10-21-14-4-2-3-13(19)8-14/h2-9,19H,10H2,1H3. The Balaban J connectivity index is 1.88. The van der Waals surface area contributed by atoms with Crippen LogP contribution in [0.25, 0.3) is 5.65 Å². The van der Waals surface area contributed by atoms with E-state index in [1.165, 1.54) is 11.8 Å². The van der Waals surface area contributed by atoms with Gasteiger partial charge in [-0.2, -0.15) is 0 Å². The van der Waals surface area contributed by atoms with Gasteiger partial charge >= 0.3 is 0 Å². The van der Waals surface area contributed by atoms with Crippen molar-refractivity contribution in [2.75, 3.05) is 0 Å². The fraction of sp³-hybridized carbons (Fsp3) is 0.125. The SMILES string of the molecule is Cc1ccc2nc(CSc3cccc(O)c3)cc(=O)n2c1. The molecule has 0 spiro atoms. The lowest BCUT2D eigenvalue weighted by molar-refractivity contribution is 0.474. The van der Waals surface area contributed by atoms with Crippen LogP contribution >= 0.6 is 11.8 Å². The van der Waals surface area contributed by atoms with E-state index in [9.17, 15) is 9.90 Å². The topological polar surface area (TPSA) is 54.6 Å². The Morgan fingerprint density at radius 1 is 1.24 bits per heavy atom. The first kappa shape index (κ1) is 13.7. The predicted octanol–water partition coefficient (Wildman–Crippen LogP) is 3.00. The summed E-state index contributed by atoms with van der Waals surface area (Å²) >= 11 is 1.54. The number of fused-ring (bicyclic) bond motifs is 1. The molecule has 1 aromatic carbocycles. The maximum Gasteiger partial charge on any atom is 0.258 e. The highest BCUT2D eigenvalue weighted by Crippen LogP contribution is 2.24. The molecule has 0 bridgehead atoms. The summed E-state index contributed by atoms with van der Waals surface area (Å²) in [4.78, 5) is 17.5. The predicted molar refractivity (Wildman–Crippen MR) is 83.9 cm³/mol. The van der Waals surface area contributed by atoms with Crippen LogP contribution in [0.15, 0.2) is 58.4 Å². The molecule has 106 valence electrons. The van der Waals surface area contributed by atoms with Crippen LogP contribution < -0.4 is 5.56 Å². The molecule has 0 saturated heterocycles. The van der Waals surface area contributed by atoms with E-state index >= 15 is 0 Å². The Hall–Kier alpha value is -2.27. The molecule has 3 rings (SSSR count). The van der Waals surface area contributed by atoms with Crippen molar-refractivity contribution in [1.82, 2.24) is 9.38 Å². The Morgan fingerprint density at radius 2 is 2.10 bits per heavy atom. The minimum absolute atomic E-state index is 0.0739. The largest absolute Gasteiger partial charge is 0.508 e. The van der Waals surface area contributed by atoms with Crippen LogP contribution in [0, 0.1) is 6.92 Å². The summed E-state index contributed by atoms with van der Waals surface area (Å²) in [7, 11) is 0. The van der Waals surface area contributed by atoms with Gasteiger partial charge in [-0.15, -0.1) is 11.8 Å². The molecular weight excluding hydrogens is 284 g/mol. The summed E-state index contributed by atoms with van der Waals surface area (Å²) in [6, 6.07) is 12.4. The molecule has 0 radical (unpaired) electrons. The van der Waals surface area contributed by atoms with E-state index in [1.54, 1.807) is 34.9 Å². The van der Waals surface area contributed by atoms with Gasteiger partial charge in [0.25, 0.3) is 5.56 Å². The Kier molecular flexibility index (Phi) is 3.66. The molecule has 0 aliphatic rings. The zero-order valence-corrected chi connectivity index (χ0v) is 12.3. The smallest absolute Gasteiger partial charge is 0.258 e. The second-order valence-corrected chi connectivity index (χ2v) is 5.86. The normalized spacial score (nSPS) is 10.9. The number of benzene rings is 1. The van der Waals surface area contributed by atoms with Gasteiger partial charge in [-0.25, -0.2) is 4.98 Å². The summed E-state index contributed by atoms with van der Waals surface area (Å²) in [6.07, 6.45) is 1.79. The molecule has 2 heterocycles. The van der Waals surface area contributed by atoms with Crippen LogP contribution in [0.2, 0.25) is 0 Å². The van der Waals surface area contributed by atoms with E-state index in [4.69, 9.17) is 0 Å². The van der Waals surface area contributed by atoms with Crippen LogP contribution in [0.4, 0.5) is 0 Å². The summed E-state index contributed by atoms with van der Waals surface area (Å²) < 4.78 is 1.55. The highest BCUT2D eigenvalue weighted by molar-refractivity contribution is 7.98. The maximum absolute atomic E-state index is 12.1. The van der Waals surface area contributed by atoms with Gasteiger partial charge in [0.2, 0.25) is 0 Å². The number of hydrogen-bond donors (Lipinski definition) is 1. The van der Waals surface area contributed by atoms with Crippen molar-refractivity contribution >= 4 is 17.4 Å². The van der Waals surface area contributed by atoms with Crippen molar-refractivity contribution < 1.29 is 5.11 Å². The molecule has 2 aromatic heterocycles. The molecule has 1 N–H and O–H groups in total. The zero-order valence-electron chi connectivity index (χ0n) is 11.5. The number of aromatic nitrogens is 2. The van der Waals surface area contributed by atoms with E-state index in [2.05, 4.69) is 4.98 Å². The fourth-order valence-corrected chi connectivity index (χ4v) is 2.90. The molecule has 0 saturated carbocycles. The van der Waals surface area contributed by atoms with Crippen molar-refractivity contribution in [1.29, 1.82) is 0 Å². The van der Waals surface area contributed by atoms with Crippen molar-refractivity contribution in [2.45, 2.75) is 17.6 Å². The number of phenolic OH excluding ortho intramolecular Hbond substituents is 1. The Bertz CT molecular complexity index is 858. The lowest BCUT2D eigenvalue weighted by atomic mass is 10.3. The molecule has 5 heteroatoms. The van der Waals surface area contributed by atoms with E-state index in [0.29, 0.717) is 11.4 Å². The van der Waals surface area contributed by atoms with E-state index in [-0.39, 0.29) is 11.3 Å². The number of phenols is 1. The first-order chi connectivity index (χ1) is 10.1. The Labute approximate surface area is 126 Å². The van der Waals surface area contributed by atoms with Gasteiger partial charge in [0, 0.05) is 22.9 Å². The average molecular weight is 298 g/mol. The molecular formula is C16H14N2O2S. The van der Waals surface area contributed by atoms with Crippen LogP contribution in [0.1, 0.15) is 11.3 Å². The molecule has 21 heavy (non-hydrogen) atoms. The molecule has 4 nitrogen and oxygen atoms in total. The number of hydrogen-bond acceptors (Lipinski definition) is 4. The van der Waals surface area contributed by atoms with Gasteiger partial charge in [-0.05, 0) is 36.8 Å². The number of rotatable bonds is 3. The number of thioether (sulfide) groups is 1. The minimum atomic E-state index is -0.0739. The van der Waals surface area contributed by atoms with Gasteiger partial charge in [0.15, 0.2) is 0 Å². The summed E-state index contributed by atoms with van der Waals surface area (Å²) in [6.45, 7) is 1.94. The van der Waals surface area contributed by atoms with Crippen molar-refractivity contribution in [3.8, 4) is 5.75 Å². The quantitative estimate of drug-likeness (QED) is 0.755. The van der Waals surface area contributed by atoms with E-state index in [0.717, 1.165) is 16.2 Å². The van der Waals surface area contributed by atoms with Gasteiger partial charge in [0.05, 0.1) is 5.69 Å². The maximum atomic E-state index is 12.1. The molecule has 0 aliphatic carbocycles. The fourth-order valence-electron chi connectivity index (χ4n) is 2.06. The number of pyridine rings is 1. The highest BCUT2D eigenvalue weighted by Gasteiger charge is 2.04. The number of aryl methyl sites for hydroxylation is 1. The van der Waals surface area contributed by atoms with E-state index in [1.807, 2.05) is 25.1 Å². The Morgan fingerprint density at radius 3 is 2.90 bits per heavy atom. The van der Waals surface area contributed by atoms with Crippen molar-refractivity contribution in [3.63, 3.8) is 0 Å². The third-order valence-electron chi connectivity index (χ3n) is 3.06. The molecule has 0 fully saturated rings. The van der Waals surface area contributed by atoms with Crippen LogP contribution in [-0.4, -0.2) is 14.5 Å². The molecule has 0 aliphatic heterocycles. The first-order valence-electron chi connectivity index (χ1n) is 6.52. The van der Waals surface area contributed by atoms with Gasteiger partial charge in [-0.3, -0.25) is 9.20 Å². The van der Waals surface area contributed by atoms with Gasteiger partial charge < -0.3 is 5.11 Å². The monoisotopic (exact) mass is 298 g/mol.